The van der Waals surface area contributed by atoms with E-state index in [1.807, 2.05) is 111 Å². The van der Waals surface area contributed by atoms with Crippen LogP contribution in [0.3, 0.4) is 0 Å². The Morgan fingerprint density at radius 1 is 0.208 bits per heavy atom. The van der Waals surface area contributed by atoms with Crippen molar-refractivity contribution in [2.24, 2.45) is 0 Å². The molecule has 0 aromatic carbocycles. The van der Waals surface area contributed by atoms with Crippen molar-refractivity contribution >= 4 is 0 Å². The Morgan fingerprint density at radius 2 is 0.271 bits per heavy atom. The van der Waals surface area contributed by atoms with Crippen molar-refractivity contribution in [3.05, 3.63) is 0 Å². The molecule has 0 rings (SSSR count). The third kappa shape index (κ3) is 164. The number of ether oxygens (including phenoxy) is 8. The van der Waals surface area contributed by atoms with E-state index in [9.17, 15) is 0 Å². The monoisotopic (exact) mass is 721 g/mol. The predicted octanol–water partition coefficient (Wildman–Crippen LogP) is 2.89. The van der Waals surface area contributed by atoms with Gasteiger partial charge >= 0.3 is 0 Å². The number of rotatable bonds is 16. The van der Waals surface area contributed by atoms with E-state index in [-0.39, 0.29) is 103 Å². The van der Waals surface area contributed by atoms with E-state index >= 15 is 0 Å². The zero-order valence-electron chi connectivity index (χ0n) is 33.1. The maximum atomic E-state index is 8.01. The molecule has 16 nitrogen and oxygen atoms in total. The van der Waals surface area contributed by atoms with Crippen molar-refractivity contribution in [1.82, 2.24) is 0 Å². The van der Waals surface area contributed by atoms with Crippen LogP contribution in [-0.2, 0) is 37.9 Å². The zero-order valence-corrected chi connectivity index (χ0v) is 33.1. The average molecular weight is 721 g/mol. The van der Waals surface area contributed by atoms with E-state index in [1.54, 1.807) is 0 Å². The first-order chi connectivity index (χ1) is 22.2. The van der Waals surface area contributed by atoms with Crippen molar-refractivity contribution in [3.63, 3.8) is 0 Å². The van der Waals surface area contributed by atoms with Gasteiger partial charge in [0, 0.05) is 0 Å². The van der Waals surface area contributed by atoms with Gasteiger partial charge < -0.3 is 78.7 Å². The average Bonchev–Trinajstić information content (AvgIpc) is 2.90. The molecule has 0 saturated heterocycles. The van der Waals surface area contributed by atoms with E-state index in [1.165, 1.54) is 0 Å². The molecule has 0 unspecified atom stereocenters. The molecular weight excluding hydrogens is 640 g/mol. The minimum atomic E-state index is -0.169. The molecule has 48 heavy (non-hydrogen) atoms. The summed E-state index contributed by atoms with van der Waals surface area (Å²) in [5.41, 5.74) is 0. The Kier molecular flexibility index (Phi) is 84.3. The van der Waals surface area contributed by atoms with Crippen LogP contribution in [0.15, 0.2) is 0 Å². The molecular formula is C32H80O16. The highest BCUT2D eigenvalue weighted by atomic mass is 16.6. The number of hydrogen-bond acceptors (Lipinski definition) is 16. The smallest absolute Gasteiger partial charge is 0.143 e. The second kappa shape index (κ2) is 61.6. The van der Waals surface area contributed by atoms with Crippen LogP contribution in [0.5, 0.6) is 0 Å². The Hall–Kier alpha value is -0.640. The quantitative estimate of drug-likeness (QED) is 0.107. The summed E-state index contributed by atoms with van der Waals surface area (Å²) in [5.74, 6) is 0. The summed E-state index contributed by atoms with van der Waals surface area (Å²) in [6.45, 7) is 28.6. The van der Waals surface area contributed by atoms with Gasteiger partial charge in [-0.25, -0.2) is 0 Å². The van der Waals surface area contributed by atoms with Gasteiger partial charge in [-0.1, -0.05) is 0 Å². The maximum Gasteiger partial charge on any atom is 0.143 e. The van der Waals surface area contributed by atoms with Crippen LogP contribution in [0.25, 0.3) is 0 Å². The number of aliphatic hydroxyl groups excluding tert-OH is 8. The predicted molar refractivity (Wildman–Crippen MR) is 186 cm³/mol. The molecule has 0 spiro atoms. The first-order valence-electron chi connectivity index (χ1n) is 16.0. The fourth-order valence-corrected chi connectivity index (χ4v) is 1.19. The van der Waals surface area contributed by atoms with Gasteiger partial charge in [-0.15, -0.1) is 0 Å². The maximum absolute atomic E-state index is 8.01. The highest BCUT2D eigenvalue weighted by Crippen LogP contribution is 1.85. The molecule has 0 aliphatic heterocycles. The van der Waals surface area contributed by atoms with Gasteiger partial charge in [-0.2, -0.15) is 0 Å². The lowest BCUT2D eigenvalue weighted by molar-refractivity contribution is -0.0351. The lowest BCUT2D eigenvalue weighted by atomic mass is 10.5. The number of hydrogen-bond donors (Lipinski definition) is 8. The van der Waals surface area contributed by atoms with E-state index in [0.717, 1.165) is 0 Å². The highest BCUT2D eigenvalue weighted by Gasteiger charge is 1.88. The van der Waals surface area contributed by atoms with Gasteiger partial charge in [-0.05, 0) is 111 Å². The van der Waals surface area contributed by atoms with Crippen LogP contribution in [0.2, 0.25) is 0 Å². The molecule has 0 aromatic rings. The van der Waals surface area contributed by atoms with Gasteiger partial charge in [-0.3, -0.25) is 0 Å². The molecule has 16 heteroatoms. The van der Waals surface area contributed by atoms with Crippen LogP contribution in [-0.4, -0.2) is 144 Å². The number of aliphatic hydroxyl groups is 8. The van der Waals surface area contributed by atoms with E-state index in [4.69, 9.17) is 40.9 Å². The fraction of sp³-hybridized carbons (Fsp3) is 1.00. The first-order valence-corrected chi connectivity index (χ1v) is 16.0. The summed E-state index contributed by atoms with van der Waals surface area (Å²) < 4.78 is 36.8. The summed E-state index contributed by atoms with van der Waals surface area (Å²) in [5, 5.41) is 64.1. The summed E-state index contributed by atoms with van der Waals surface area (Å²) in [6.07, 6.45) is 1.19. The summed E-state index contributed by atoms with van der Waals surface area (Å²) in [7, 11) is 0. The Labute approximate surface area is 292 Å². The largest absolute Gasteiger partial charge is 0.371 e. The molecule has 8 N–H and O–H groups in total. The van der Waals surface area contributed by atoms with E-state index in [2.05, 4.69) is 37.9 Å². The van der Waals surface area contributed by atoms with Gasteiger partial charge in [0.05, 0.1) is 48.8 Å². The van der Waals surface area contributed by atoms with Crippen molar-refractivity contribution < 1.29 is 78.7 Å². The molecule has 0 aliphatic carbocycles. The highest BCUT2D eigenvalue weighted by molar-refractivity contribution is 4.31. The molecule has 0 bridgehead atoms. The Morgan fingerprint density at radius 3 is 0.271 bits per heavy atom. The molecule has 304 valence electrons. The summed E-state index contributed by atoms with van der Waals surface area (Å²) >= 11 is 0. The van der Waals surface area contributed by atoms with Gasteiger partial charge in [0.15, 0.2) is 0 Å². The van der Waals surface area contributed by atoms with Crippen LogP contribution < -0.4 is 0 Å². The zero-order chi connectivity index (χ0) is 39.9. The fourth-order valence-electron chi connectivity index (χ4n) is 1.19. The second-order valence-corrected chi connectivity index (χ2v) is 10.8. The molecule has 0 amide bonds. The molecule has 0 aliphatic rings. The third-order valence-corrected chi connectivity index (χ3v) is 3.26. The lowest BCUT2D eigenvalue weighted by Gasteiger charge is -1.99. The van der Waals surface area contributed by atoms with E-state index in [0.29, 0.717) is 0 Å². The summed E-state index contributed by atoms with van der Waals surface area (Å²) in [6, 6.07) is 0. The normalized spacial score (nSPS) is 10.0. The molecule has 0 atom stereocenters. The first kappa shape index (κ1) is 65.7. The van der Waals surface area contributed by atoms with Gasteiger partial charge in [0.1, 0.15) is 54.3 Å². The SMILES string of the molecule is CC(C)OCO.CC(C)OCO.CC(C)OCO.CC(C)OCO.CC(C)OCO.CC(C)OCO.CC(C)OCO.CC(C)OCO. The second-order valence-electron chi connectivity index (χ2n) is 10.8. The Balaban J connectivity index is -0.0000000635. The molecule has 0 saturated carbocycles. The van der Waals surface area contributed by atoms with Crippen LogP contribution in [0.1, 0.15) is 111 Å². The minimum Gasteiger partial charge on any atom is -0.371 e. The molecule has 0 aromatic heterocycles. The molecule has 0 fully saturated rings. The van der Waals surface area contributed by atoms with Crippen LogP contribution in [0, 0.1) is 0 Å². The van der Waals surface area contributed by atoms with E-state index < -0.39 is 0 Å². The molecule has 0 radical (unpaired) electrons. The Bertz CT molecular complexity index is 334. The third-order valence-electron chi connectivity index (χ3n) is 3.26. The van der Waals surface area contributed by atoms with Gasteiger partial charge in [0.25, 0.3) is 0 Å². The van der Waals surface area contributed by atoms with Crippen molar-refractivity contribution in [3.8, 4) is 0 Å². The van der Waals surface area contributed by atoms with Crippen molar-refractivity contribution in [1.29, 1.82) is 0 Å². The lowest BCUT2D eigenvalue weighted by Crippen LogP contribution is -2.01. The topological polar surface area (TPSA) is 236 Å². The van der Waals surface area contributed by atoms with Crippen LogP contribution >= 0.6 is 0 Å². The minimum absolute atomic E-state index is 0.148. The standard InChI is InChI=1S/8C4H10O2/c8*1-4(2)6-3-5/h8*4-5H,3H2,1-2H3. The van der Waals surface area contributed by atoms with Crippen molar-refractivity contribution in [2.75, 3.05) is 54.3 Å². The van der Waals surface area contributed by atoms with Gasteiger partial charge in [0.2, 0.25) is 0 Å². The van der Waals surface area contributed by atoms with Crippen molar-refractivity contribution in [2.45, 2.75) is 160 Å². The molecule has 0 heterocycles. The van der Waals surface area contributed by atoms with Crippen LogP contribution in [0.4, 0.5) is 0 Å². The summed E-state index contributed by atoms with van der Waals surface area (Å²) in [4.78, 5) is 0.